The molecule has 0 unspecified atom stereocenters. The highest BCUT2D eigenvalue weighted by molar-refractivity contribution is 5.92. The molecule has 0 radical (unpaired) electrons. The molecule has 1 heterocycles. The van der Waals surface area contributed by atoms with Crippen LogP contribution in [0.15, 0.2) is 6.07 Å². The molecule has 5 nitrogen and oxygen atoms in total. The van der Waals surface area contributed by atoms with Crippen molar-refractivity contribution >= 4 is 5.91 Å². The van der Waals surface area contributed by atoms with Gasteiger partial charge < -0.3 is 10.6 Å². The van der Waals surface area contributed by atoms with Crippen LogP contribution in [-0.4, -0.2) is 35.3 Å². The number of amides is 1. The Labute approximate surface area is 109 Å². The van der Waals surface area contributed by atoms with E-state index >= 15 is 0 Å². The molecule has 5 heteroatoms. The Kier molecular flexibility index (Phi) is 4.90. The summed E-state index contributed by atoms with van der Waals surface area (Å²) in [5, 5.41) is 10.4. The normalized spacial score (nSPS) is 11.6. The fourth-order valence-electron chi connectivity index (χ4n) is 1.58. The molecular formula is C13H24N4O. The fourth-order valence-corrected chi connectivity index (χ4v) is 1.58. The number of rotatable bonds is 5. The first-order chi connectivity index (χ1) is 8.36. The van der Waals surface area contributed by atoms with Crippen LogP contribution < -0.4 is 10.6 Å². The average molecular weight is 252 g/mol. The second-order valence-electron chi connectivity index (χ2n) is 5.40. The Bertz CT molecular complexity index is 404. The van der Waals surface area contributed by atoms with Gasteiger partial charge in [-0.05, 0) is 12.6 Å². The van der Waals surface area contributed by atoms with Gasteiger partial charge in [-0.2, -0.15) is 5.10 Å². The summed E-state index contributed by atoms with van der Waals surface area (Å²) in [7, 11) is 1.80. The first-order valence-corrected chi connectivity index (χ1v) is 6.39. The van der Waals surface area contributed by atoms with E-state index in [1.54, 1.807) is 11.7 Å². The molecule has 0 aliphatic carbocycles. The molecule has 0 bridgehead atoms. The lowest BCUT2D eigenvalue weighted by molar-refractivity contribution is 0.0944. The first kappa shape index (κ1) is 14.7. The molecule has 0 aliphatic rings. The van der Waals surface area contributed by atoms with Crippen molar-refractivity contribution in [1.29, 1.82) is 0 Å². The molecule has 2 N–H and O–H groups in total. The Morgan fingerprint density at radius 2 is 2.06 bits per heavy atom. The number of hydrogen-bond acceptors (Lipinski definition) is 3. The van der Waals surface area contributed by atoms with E-state index in [0.717, 1.165) is 18.8 Å². The van der Waals surface area contributed by atoms with Crippen molar-refractivity contribution in [2.45, 2.75) is 33.1 Å². The smallest absolute Gasteiger partial charge is 0.269 e. The number of nitrogens with zero attached hydrogens (tertiary/aromatic N) is 2. The molecular weight excluding hydrogens is 228 g/mol. The summed E-state index contributed by atoms with van der Waals surface area (Å²) in [4.78, 5) is 12.0. The SMILES string of the molecule is CCNCCNC(=O)c1cc(C(C)(C)C)nn1C. The quantitative estimate of drug-likeness (QED) is 0.770. The lowest BCUT2D eigenvalue weighted by Crippen LogP contribution is -2.32. The number of carbonyl (C=O) groups excluding carboxylic acids is 1. The average Bonchev–Trinajstić information content (AvgIpc) is 2.66. The number of aryl methyl sites for hydroxylation is 1. The number of nitrogens with one attached hydrogen (secondary N) is 2. The van der Waals surface area contributed by atoms with Crippen LogP contribution in [0.1, 0.15) is 43.9 Å². The van der Waals surface area contributed by atoms with Gasteiger partial charge in [0.05, 0.1) is 5.69 Å². The highest BCUT2D eigenvalue weighted by Crippen LogP contribution is 2.21. The minimum atomic E-state index is -0.0709. The standard InChI is InChI=1S/C13H24N4O/c1-6-14-7-8-15-12(18)10-9-11(13(2,3)4)16-17(10)5/h9,14H,6-8H2,1-5H3,(H,15,18). The van der Waals surface area contributed by atoms with Gasteiger partial charge in [0.2, 0.25) is 0 Å². The van der Waals surface area contributed by atoms with Gasteiger partial charge in [-0.15, -0.1) is 0 Å². The molecule has 1 rings (SSSR count). The summed E-state index contributed by atoms with van der Waals surface area (Å²) in [5.74, 6) is -0.0709. The van der Waals surface area contributed by atoms with E-state index in [2.05, 4.69) is 36.5 Å². The highest BCUT2D eigenvalue weighted by atomic mass is 16.2. The van der Waals surface area contributed by atoms with E-state index < -0.39 is 0 Å². The summed E-state index contributed by atoms with van der Waals surface area (Å²) in [6.07, 6.45) is 0. The van der Waals surface area contributed by atoms with Crippen molar-refractivity contribution in [3.8, 4) is 0 Å². The number of hydrogen-bond donors (Lipinski definition) is 2. The number of aromatic nitrogens is 2. The molecule has 0 spiro atoms. The second kappa shape index (κ2) is 6.00. The zero-order chi connectivity index (χ0) is 13.8. The Hall–Kier alpha value is -1.36. The van der Waals surface area contributed by atoms with Gasteiger partial charge in [0.25, 0.3) is 5.91 Å². The van der Waals surface area contributed by atoms with Crippen molar-refractivity contribution in [2.75, 3.05) is 19.6 Å². The van der Waals surface area contributed by atoms with Crippen LogP contribution in [0.3, 0.4) is 0 Å². The molecule has 1 amide bonds. The molecule has 1 aromatic heterocycles. The zero-order valence-corrected chi connectivity index (χ0v) is 12.0. The minimum Gasteiger partial charge on any atom is -0.349 e. The molecule has 1 aromatic rings. The van der Waals surface area contributed by atoms with Crippen LogP contribution in [0.5, 0.6) is 0 Å². The predicted octanol–water partition coefficient (Wildman–Crippen LogP) is 1.06. The summed E-state index contributed by atoms with van der Waals surface area (Å²) in [6, 6.07) is 1.86. The maximum atomic E-state index is 12.0. The van der Waals surface area contributed by atoms with E-state index in [0.29, 0.717) is 12.2 Å². The van der Waals surface area contributed by atoms with Crippen molar-refractivity contribution in [1.82, 2.24) is 20.4 Å². The summed E-state index contributed by atoms with van der Waals surface area (Å²) < 4.78 is 1.64. The predicted molar refractivity (Wildman–Crippen MR) is 72.8 cm³/mol. The summed E-state index contributed by atoms with van der Waals surface area (Å²) in [6.45, 7) is 10.6. The van der Waals surface area contributed by atoms with Crippen LogP contribution in [0.4, 0.5) is 0 Å². The van der Waals surface area contributed by atoms with Crippen molar-refractivity contribution in [3.63, 3.8) is 0 Å². The van der Waals surface area contributed by atoms with Gasteiger partial charge in [-0.1, -0.05) is 27.7 Å². The van der Waals surface area contributed by atoms with E-state index in [1.807, 2.05) is 13.0 Å². The Balaban J connectivity index is 2.66. The Morgan fingerprint density at radius 1 is 1.39 bits per heavy atom. The van der Waals surface area contributed by atoms with Gasteiger partial charge in [0.15, 0.2) is 0 Å². The van der Waals surface area contributed by atoms with Crippen LogP contribution in [0.25, 0.3) is 0 Å². The monoisotopic (exact) mass is 252 g/mol. The van der Waals surface area contributed by atoms with Crippen LogP contribution in [0.2, 0.25) is 0 Å². The molecule has 0 aromatic carbocycles. The number of carbonyl (C=O) groups is 1. The fraction of sp³-hybridized carbons (Fsp3) is 0.692. The topological polar surface area (TPSA) is 58.9 Å². The van der Waals surface area contributed by atoms with Gasteiger partial charge in [0, 0.05) is 25.6 Å². The van der Waals surface area contributed by atoms with Crippen LogP contribution in [-0.2, 0) is 12.5 Å². The van der Waals surface area contributed by atoms with Gasteiger partial charge in [-0.25, -0.2) is 0 Å². The van der Waals surface area contributed by atoms with E-state index in [1.165, 1.54) is 0 Å². The first-order valence-electron chi connectivity index (χ1n) is 6.39. The largest absolute Gasteiger partial charge is 0.349 e. The van der Waals surface area contributed by atoms with Crippen molar-refractivity contribution in [3.05, 3.63) is 17.5 Å². The Morgan fingerprint density at radius 3 is 2.56 bits per heavy atom. The van der Waals surface area contributed by atoms with Crippen LogP contribution in [0, 0.1) is 0 Å². The van der Waals surface area contributed by atoms with Crippen LogP contribution >= 0.6 is 0 Å². The van der Waals surface area contributed by atoms with Crippen molar-refractivity contribution < 1.29 is 4.79 Å². The molecule has 18 heavy (non-hydrogen) atoms. The lowest BCUT2D eigenvalue weighted by atomic mass is 9.92. The molecule has 0 saturated carbocycles. The van der Waals surface area contributed by atoms with Gasteiger partial charge >= 0.3 is 0 Å². The molecule has 0 atom stereocenters. The maximum absolute atomic E-state index is 12.0. The molecule has 0 aliphatic heterocycles. The lowest BCUT2D eigenvalue weighted by Gasteiger charge is -2.13. The third-order valence-electron chi connectivity index (χ3n) is 2.72. The summed E-state index contributed by atoms with van der Waals surface area (Å²) in [5.41, 5.74) is 1.50. The third kappa shape index (κ3) is 3.84. The molecule has 0 saturated heterocycles. The number of likely N-dealkylation sites (N-methyl/N-ethyl adjacent to an activating group) is 1. The van der Waals surface area contributed by atoms with E-state index in [9.17, 15) is 4.79 Å². The maximum Gasteiger partial charge on any atom is 0.269 e. The van der Waals surface area contributed by atoms with E-state index in [4.69, 9.17) is 0 Å². The second-order valence-corrected chi connectivity index (χ2v) is 5.40. The molecule has 0 fully saturated rings. The van der Waals surface area contributed by atoms with E-state index in [-0.39, 0.29) is 11.3 Å². The third-order valence-corrected chi connectivity index (χ3v) is 2.72. The highest BCUT2D eigenvalue weighted by Gasteiger charge is 2.21. The zero-order valence-electron chi connectivity index (χ0n) is 12.0. The summed E-state index contributed by atoms with van der Waals surface area (Å²) >= 11 is 0. The minimum absolute atomic E-state index is 0.0416. The molecule has 102 valence electrons. The van der Waals surface area contributed by atoms with Gasteiger partial charge in [0.1, 0.15) is 5.69 Å². The van der Waals surface area contributed by atoms with Crippen molar-refractivity contribution in [2.24, 2.45) is 7.05 Å². The van der Waals surface area contributed by atoms with Gasteiger partial charge in [-0.3, -0.25) is 9.48 Å².